The highest BCUT2D eigenvalue weighted by Crippen LogP contribution is 2.32. The van der Waals surface area contributed by atoms with Crippen LogP contribution < -0.4 is 16.1 Å². The maximum absolute atomic E-state index is 13.1. The van der Waals surface area contributed by atoms with E-state index in [2.05, 4.69) is 33.3 Å². The number of nitrogens with one attached hydrogen (secondary N) is 1. The van der Waals surface area contributed by atoms with Crippen LogP contribution >= 0.6 is 11.5 Å². The molecule has 8 nitrogen and oxygen atoms in total. The lowest BCUT2D eigenvalue weighted by molar-refractivity contribution is 0.0753. The Balaban J connectivity index is 1.39. The van der Waals surface area contributed by atoms with Crippen LogP contribution in [0.5, 0.6) is 0 Å². The zero-order chi connectivity index (χ0) is 20.1. The molecule has 29 heavy (non-hydrogen) atoms. The number of carbonyl (C=O) groups excluding carboxylic acids is 1. The molecule has 3 aromatic rings. The van der Waals surface area contributed by atoms with Gasteiger partial charge in [-0.15, -0.1) is 0 Å². The third kappa shape index (κ3) is 3.05. The molecule has 1 N–H and O–H groups in total. The summed E-state index contributed by atoms with van der Waals surface area (Å²) in [7, 11) is 0. The number of aromatic nitrogens is 3. The van der Waals surface area contributed by atoms with Crippen LogP contribution in [0.3, 0.4) is 0 Å². The molecule has 0 bridgehead atoms. The van der Waals surface area contributed by atoms with E-state index < -0.39 is 11.2 Å². The first kappa shape index (κ1) is 18.1. The summed E-state index contributed by atoms with van der Waals surface area (Å²) in [6.45, 7) is 4.71. The molecule has 1 aromatic carbocycles. The standard InChI is InChI=1S/C20H21N5O3S/c1-12-4-2-3-5-14(12)23-8-10-24(11-9-23)19(27)17-15-16(22-29-17)18(26)25(13-6-7-13)20(28)21-15/h2-5,13H,6-11H2,1H3,(H,21,28). The highest BCUT2D eigenvalue weighted by atomic mass is 32.1. The highest BCUT2D eigenvalue weighted by molar-refractivity contribution is 7.09. The number of H-pyrrole nitrogens is 1. The molecule has 5 rings (SSSR count). The molecule has 2 fully saturated rings. The number of rotatable bonds is 3. The number of fused-ring (bicyclic) bond motifs is 1. The lowest BCUT2D eigenvalue weighted by Gasteiger charge is -2.36. The van der Waals surface area contributed by atoms with E-state index in [9.17, 15) is 14.4 Å². The summed E-state index contributed by atoms with van der Waals surface area (Å²) in [6.07, 6.45) is 1.66. The van der Waals surface area contributed by atoms with Crippen LogP contribution in [0.1, 0.15) is 34.1 Å². The van der Waals surface area contributed by atoms with E-state index in [1.807, 2.05) is 12.1 Å². The Kier molecular flexibility index (Phi) is 4.27. The van der Waals surface area contributed by atoms with Crippen LogP contribution in [0.15, 0.2) is 33.9 Å². The number of piperazine rings is 1. The first-order valence-corrected chi connectivity index (χ1v) is 10.6. The molecule has 150 valence electrons. The lowest BCUT2D eigenvalue weighted by Crippen LogP contribution is -2.49. The van der Waals surface area contributed by atoms with E-state index in [1.54, 1.807) is 4.90 Å². The summed E-state index contributed by atoms with van der Waals surface area (Å²) < 4.78 is 5.43. The van der Waals surface area contributed by atoms with Crippen molar-refractivity contribution in [2.45, 2.75) is 25.8 Å². The van der Waals surface area contributed by atoms with Crippen LogP contribution in [0.4, 0.5) is 5.69 Å². The van der Waals surface area contributed by atoms with E-state index in [0.717, 1.165) is 37.5 Å². The van der Waals surface area contributed by atoms with Crippen LogP contribution in [0, 0.1) is 6.92 Å². The fourth-order valence-electron chi connectivity index (χ4n) is 3.95. The van der Waals surface area contributed by atoms with Crippen molar-refractivity contribution >= 4 is 34.2 Å². The Hall–Kier alpha value is -2.94. The Morgan fingerprint density at radius 2 is 1.86 bits per heavy atom. The molecule has 2 aromatic heterocycles. The van der Waals surface area contributed by atoms with Crippen molar-refractivity contribution in [3.8, 4) is 0 Å². The van der Waals surface area contributed by atoms with Crippen LogP contribution in [0.25, 0.3) is 11.0 Å². The summed E-state index contributed by atoms with van der Waals surface area (Å²) in [4.78, 5) is 45.2. The van der Waals surface area contributed by atoms with Gasteiger partial charge in [0.2, 0.25) is 0 Å². The Morgan fingerprint density at radius 1 is 1.14 bits per heavy atom. The zero-order valence-corrected chi connectivity index (χ0v) is 16.9. The number of amides is 1. The van der Waals surface area contributed by atoms with Crippen LogP contribution in [0.2, 0.25) is 0 Å². The van der Waals surface area contributed by atoms with Gasteiger partial charge in [-0.2, -0.15) is 4.37 Å². The summed E-state index contributed by atoms with van der Waals surface area (Å²) in [5, 5.41) is 0. The minimum atomic E-state index is -0.455. The Morgan fingerprint density at radius 3 is 2.55 bits per heavy atom. The minimum Gasteiger partial charge on any atom is -0.368 e. The van der Waals surface area contributed by atoms with E-state index >= 15 is 0 Å². The molecule has 3 heterocycles. The van der Waals surface area contributed by atoms with Gasteiger partial charge in [-0.05, 0) is 42.9 Å². The average Bonchev–Trinajstić information content (AvgIpc) is 3.46. The first-order chi connectivity index (χ1) is 14.0. The van der Waals surface area contributed by atoms with Gasteiger partial charge < -0.3 is 14.8 Å². The fourth-order valence-corrected chi connectivity index (χ4v) is 4.75. The quantitative estimate of drug-likeness (QED) is 0.709. The second kappa shape index (κ2) is 6.84. The van der Waals surface area contributed by atoms with E-state index in [-0.39, 0.29) is 23.0 Å². The molecule has 2 aliphatic rings. The number of anilines is 1. The van der Waals surface area contributed by atoms with Crippen molar-refractivity contribution in [1.82, 2.24) is 18.8 Å². The van der Waals surface area contributed by atoms with Crippen molar-refractivity contribution < 1.29 is 4.79 Å². The van der Waals surface area contributed by atoms with Gasteiger partial charge in [0.25, 0.3) is 11.5 Å². The SMILES string of the molecule is Cc1ccccc1N1CCN(C(=O)c2snc3c(=O)n(C4CC4)c(=O)[nH]c23)CC1. The minimum absolute atomic E-state index is 0.0361. The predicted molar refractivity (Wildman–Crippen MR) is 112 cm³/mol. The van der Waals surface area contributed by atoms with Crippen molar-refractivity contribution in [3.05, 3.63) is 55.5 Å². The smallest absolute Gasteiger partial charge is 0.329 e. The third-order valence-corrected chi connectivity index (χ3v) is 6.53. The fraction of sp³-hybridized carbons (Fsp3) is 0.400. The van der Waals surface area contributed by atoms with Crippen LogP contribution in [-0.2, 0) is 0 Å². The molecule has 1 aliphatic heterocycles. The lowest BCUT2D eigenvalue weighted by atomic mass is 10.1. The number of para-hydroxylation sites is 1. The van der Waals surface area contributed by atoms with Gasteiger partial charge in [0, 0.05) is 37.9 Å². The van der Waals surface area contributed by atoms with E-state index in [1.165, 1.54) is 15.8 Å². The maximum Gasteiger partial charge on any atom is 0.329 e. The summed E-state index contributed by atoms with van der Waals surface area (Å²) in [5.41, 5.74) is 2.00. The van der Waals surface area contributed by atoms with Gasteiger partial charge in [-0.25, -0.2) is 4.79 Å². The normalized spacial score (nSPS) is 17.1. The van der Waals surface area contributed by atoms with Gasteiger partial charge >= 0.3 is 5.69 Å². The maximum atomic E-state index is 13.1. The number of hydrogen-bond donors (Lipinski definition) is 1. The molecule has 1 saturated heterocycles. The van der Waals surface area contributed by atoms with Crippen molar-refractivity contribution in [3.63, 3.8) is 0 Å². The number of benzene rings is 1. The highest BCUT2D eigenvalue weighted by Gasteiger charge is 2.31. The number of nitrogens with zero attached hydrogens (tertiary/aromatic N) is 4. The second-order valence-electron chi connectivity index (χ2n) is 7.64. The molecule has 0 unspecified atom stereocenters. The first-order valence-electron chi connectivity index (χ1n) is 9.78. The Labute approximate surface area is 170 Å². The van der Waals surface area contributed by atoms with Gasteiger partial charge in [-0.1, -0.05) is 18.2 Å². The van der Waals surface area contributed by atoms with Crippen molar-refractivity contribution in [2.75, 3.05) is 31.1 Å². The molecule has 1 amide bonds. The van der Waals surface area contributed by atoms with Crippen LogP contribution in [-0.4, -0.2) is 50.9 Å². The van der Waals surface area contributed by atoms with Gasteiger partial charge in [-0.3, -0.25) is 14.2 Å². The largest absolute Gasteiger partial charge is 0.368 e. The predicted octanol–water partition coefficient (Wildman–Crippen LogP) is 1.75. The van der Waals surface area contributed by atoms with Gasteiger partial charge in [0.05, 0.1) is 5.52 Å². The topological polar surface area (TPSA) is 91.3 Å². The summed E-state index contributed by atoms with van der Waals surface area (Å²) >= 11 is 0.990. The molecule has 9 heteroatoms. The molecule has 1 aliphatic carbocycles. The third-order valence-electron chi connectivity index (χ3n) is 5.69. The summed E-state index contributed by atoms with van der Waals surface area (Å²) in [6, 6.07) is 8.19. The van der Waals surface area contributed by atoms with Gasteiger partial charge in [0.1, 0.15) is 4.88 Å². The molecular weight excluding hydrogens is 390 g/mol. The average molecular weight is 411 g/mol. The second-order valence-corrected chi connectivity index (χ2v) is 8.41. The summed E-state index contributed by atoms with van der Waals surface area (Å²) in [5.74, 6) is -0.179. The number of aromatic amines is 1. The molecule has 0 spiro atoms. The molecule has 0 radical (unpaired) electrons. The molecule has 1 saturated carbocycles. The zero-order valence-electron chi connectivity index (χ0n) is 16.1. The Bertz CT molecular complexity index is 1210. The number of hydrogen-bond acceptors (Lipinski definition) is 6. The van der Waals surface area contributed by atoms with E-state index in [4.69, 9.17) is 0 Å². The monoisotopic (exact) mass is 411 g/mol. The van der Waals surface area contributed by atoms with Gasteiger partial charge in [0.15, 0.2) is 5.52 Å². The molecular formula is C20H21N5O3S. The van der Waals surface area contributed by atoms with Crippen molar-refractivity contribution in [2.24, 2.45) is 0 Å². The number of aryl methyl sites for hydroxylation is 1. The molecule has 0 atom stereocenters. The number of carbonyl (C=O) groups is 1. The van der Waals surface area contributed by atoms with E-state index in [0.29, 0.717) is 18.0 Å². The van der Waals surface area contributed by atoms with Crippen molar-refractivity contribution in [1.29, 1.82) is 0 Å².